The molecule has 2 aromatic rings. The minimum atomic E-state index is 0.172. The van der Waals surface area contributed by atoms with Crippen LogP contribution in [0.25, 0.3) is 0 Å². The Morgan fingerprint density at radius 2 is 1.62 bits per heavy atom. The Morgan fingerprint density at radius 1 is 0.952 bits per heavy atom. The smallest absolute Gasteiger partial charge is 0.0453 e. The van der Waals surface area contributed by atoms with Crippen LogP contribution >= 0.6 is 23.2 Å². The SMILES string of the molecule is NNC(CCCc1ccccc1)Cc1c(Cl)cccc1Cl. The van der Waals surface area contributed by atoms with Gasteiger partial charge < -0.3 is 0 Å². The number of hydrogen-bond donors (Lipinski definition) is 2. The lowest BCUT2D eigenvalue weighted by Crippen LogP contribution is -2.37. The van der Waals surface area contributed by atoms with Gasteiger partial charge in [0.15, 0.2) is 0 Å². The van der Waals surface area contributed by atoms with Gasteiger partial charge in [0.05, 0.1) is 0 Å². The minimum Gasteiger partial charge on any atom is -0.271 e. The van der Waals surface area contributed by atoms with Crippen LogP contribution in [0.4, 0.5) is 0 Å². The summed E-state index contributed by atoms with van der Waals surface area (Å²) in [6.07, 6.45) is 3.84. The summed E-state index contributed by atoms with van der Waals surface area (Å²) >= 11 is 12.4. The van der Waals surface area contributed by atoms with Crippen molar-refractivity contribution >= 4 is 23.2 Å². The molecule has 1 atom stereocenters. The Balaban J connectivity index is 1.89. The molecule has 21 heavy (non-hydrogen) atoms. The summed E-state index contributed by atoms with van der Waals surface area (Å²) in [5.41, 5.74) is 5.19. The number of nitrogens with one attached hydrogen (secondary N) is 1. The van der Waals surface area contributed by atoms with Crippen molar-refractivity contribution in [3.05, 3.63) is 69.7 Å². The van der Waals surface area contributed by atoms with Gasteiger partial charge in [-0.2, -0.15) is 0 Å². The Labute approximate surface area is 136 Å². The predicted octanol–water partition coefficient (Wildman–Crippen LogP) is 4.39. The number of aryl methyl sites for hydroxylation is 1. The Kier molecular flexibility index (Phi) is 6.52. The van der Waals surface area contributed by atoms with Gasteiger partial charge in [0.2, 0.25) is 0 Å². The third-order valence-corrected chi connectivity index (χ3v) is 4.32. The van der Waals surface area contributed by atoms with E-state index in [1.165, 1.54) is 5.56 Å². The first-order valence-corrected chi connectivity index (χ1v) is 7.89. The second-order valence-corrected chi connectivity index (χ2v) is 5.96. The zero-order valence-electron chi connectivity index (χ0n) is 11.9. The molecule has 1 unspecified atom stereocenters. The molecule has 0 saturated carbocycles. The number of benzene rings is 2. The van der Waals surface area contributed by atoms with Crippen molar-refractivity contribution in [2.24, 2.45) is 5.84 Å². The quantitative estimate of drug-likeness (QED) is 0.586. The summed E-state index contributed by atoms with van der Waals surface area (Å²) in [6.45, 7) is 0. The molecular formula is C17H20Cl2N2. The van der Waals surface area contributed by atoms with E-state index in [0.717, 1.165) is 31.2 Å². The molecule has 4 heteroatoms. The van der Waals surface area contributed by atoms with Gasteiger partial charge in [0.25, 0.3) is 0 Å². The number of halogens is 2. The first kappa shape index (κ1) is 16.3. The second kappa shape index (κ2) is 8.40. The van der Waals surface area contributed by atoms with Crippen molar-refractivity contribution in [2.75, 3.05) is 0 Å². The molecule has 0 aliphatic rings. The molecule has 0 aliphatic heterocycles. The largest absolute Gasteiger partial charge is 0.271 e. The molecule has 0 bridgehead atoms. The van der Waals surface area contributed by atoms with Gasteiger partial charge in [-0.15, -0.1) is 0 Å². The molecule has 2 aromatic carbocycles. The maximum Gasteiger partial charge on any atom is 0.0453 e. The summed E-state index contributed by atoms with van der Waals surface area (Å²) in [7, 11) is 0. The maximum atomic E-state index is 6.21. The van der Waals surface area contributed by atoms with Crippen LogP contribution in [0, 0.1) is 0 Å². The van der Waals surface area contributed by atoms with Crippen molar-refractivity contribution < 1.29 is 0 Å². The van der Waals surface area contributed by atoms with Crippen molar-refractivity contribution in [1.29, 1.82) is 0 Å². The molecule has 0 heterocycles. The summed E-state index contributed by atoms with van der Waals surface area (Å²) in [5.74, 6) is 5.66. The van der Waals surface area contributed by atoms with E-state index in [2.05, 4.69) is 29.7 Å². The maximum absolute atomic E-state index is 6.21. The van der Waals surface area contributed by atoms with E-state index in [1.807, 2.05) is 24.3 Å². The number of rotatable bonds is 7. The van der Waals surface area contributed by atoms with Crippen molar-refractivity contribution in [3.63, 3.8) is 0 Å². The molecule has 112 valence electrons. The summed E-state index contributed by atoms with van der Waals surface area (Å²) in [4.78, 5) is 0. The molecule has 0 fully saturated rings. The first-order chi connectivity index (χ1) is 10.2. The van der Waals surface area contributed by atoms with Gasteiger partial charge in [0, 0.05) is 16.1 Å². The highest BCUT2D eigenvalue weighted by atomic mass is 35.5. The van der Waals surface area contributed by atoms with Gasteiger partial charge in [-0.25, -0.2) is 0 Å². The van der Waals surface area contributed by atoms with E-state index in [4.69, 9.17) is 29.0 Å². The molecule has 0 saturated heterocycles. The fourth-order valence-electron chi connectivity index (χ4n) is 2.42. The van der Waals surface area contributed by atoms with E-state index in [9.17, 15) is 0 Å². The average molecular weight is 323 g/mol. The van der Waals surface area contributed by atoms with Crippen LogP contribution < -0.4 is 11.3 Å². The number of hydrazine groups is 1. The van der Waals surface area contributed by atoms with Gasteiger partial charge >= 0.3 is 0 Å². The van der Waals surface area contributed by atoms with Crippen LogP contribution in [-0.4, -0.2) is 6.04 Å². The molecule has 0 amide bonds. The third-order valence-electron chi connectivity index (χ3n) is 3.61. The predicted molar refractivity (Wildman–Crippen MR) is 90.7 cm³/mol. The van der Waals surface area contributed by atoms with E-state index < -0.39 is 0 Å². The topological polar surface area (TPSA) is 38.0 Å². The Morgan fingerprint density at radius 3 is 2.24 bits per heavy atom. The van der Waals surface area contributed by atoms with Crippen LogP contribution in [0.2, 0.25) is 10.0 Å². The normalized spacial score (nSPS) is 12.3. The van der Waals surface area contributed by atoms with Gasteiger partial charge in [-0.3, -0.25) is 11.3 Å². The highest BCUT2D eigenvalue weighted by Gasteiger charge is 2.13. The third kappa shape index (κ3) is 5.01. The molecule has 0 spiro atoms. The van der Waals surface area contributed by atoms with Crippen molar-refractivity contribution in [3.8, 4) is 0 Å². The minimum absolute atomic E-state index is 0.172. The Bertz CT molecular complexity index is 538. The zero-order chi connectivity index (χ0) is 15.1. The molecule has 0 aliphatic carbocycles. The van der Waals surface area contributed by atoms with Gasteiger partial charge in [0.1, 0.15) is 0 Å². The van der Waals surface area contributed by atoms with Gasteiger partial charge in [-0.05, 0) is 48.9 Å². The second-order valence-electron chi connectivity index (χ2n) is 5.15. The summed E-state index contributed by atoms with van der Waals surface area (Å²) in [6, 6.07) is 16.2. The number of hydrogen-bond acceptors (Lipinski definition) is 2. The average Bonchev–Trinajstić information content (AvgIpc) is 2.50. The van der Waals surface area contributed by atoms with Crippen LogP contribution in [0.1, 0.15) is 24.0 Å². The van der Waals surface area contributed by atoms with Crippen LogP contribution in [0.5, 0.6) is 0 Å². The first-order valence-electron chi connectivity index (χ1n) is 7.13. The fraction of sp³-hybridized carbons (Fsp3) is 0.294. The highest BCUT2D eigenvalue weighted by molar-refractivity contribution is 6.36. The van der Waals surface area contributed by atoms with E-state index in [-0.39, 0.29) is 6.04 Å². The molecule has 2 nitrogen and oxygen atoms in total. The zero-order valence-corrected chi connectivity index (χ0v) is 13.4. The standard InChI is InChI=1S/C17H20Cl2N2/c18-16-10-5-11-17(19)15(16)12-14(21-20)9-4-8-13-6-2-1-3-7-13/h1-3,5-7,10-11,14,21H,4,8-9,12,20H2. The monoisotopic (exact) mass is 322 g/mol. The van der Waals surface area contributed by atoms with E-state index >= 15 is 0 Å². The van der Waals surface area contributed by atoms with Crippen LogP contribution in [0.15, 0.2) is 48.5 Å². The lowest BCUT2D eigenvalue weighted by Gasteiger charge is -2.17. The molecular weight excluding hydrogens is 303 g/mol. The molecule has 0 aromatic heterocycles. The number of nitrogens with two attached hydrogens (primary N) is 1. The highest BCUT2D eigenvalue weighted by Crippen LogP contribution is 2.26. The summed E-state index contributed by atoms with van der Waals surface area (Å²) < 4.78 is 0. The van der Waals surface area contributed by atoms with Gasteiger partial charge in [-0.1, -0.05) is 59.6 Å². The lowest BCUT2D eigenvalue weighted by molar-refractivity contribution is 0.476. The van der Waals surface area contributed by atoms with Crippen molar-refractivity contribution in [1.82, 2.24) is 5.43 Å². The fourth-order valence-corrected chi connectivity index (χ4v) is 2.97. The van der Waals surface area contributed by atoms with E-state index in [1.54, 1.807) is 0 Å². The lowest BCUT2D eigenvalue weighted by atomic mass is 9.99. The van der Waals surface area contributed by atoms with Crippen molar-refractivity contribution in [2.45, 2.75) is 31.7 Å². The Hall–Kier alpha value is -1.06. The molecule has 2 rings (SSSR count). The van der Waals surface area contributed by atoms with Crippen LogP contribution in [-0.2, 0) is 12.8 Å². The van der Waals surface area contributed by atoms with Crippen LogP contribution in [0.3, 0.4) is 0 Å². The van der Waals surface area contributed by atoms with E-state index in [0.29, 0.717) is 10.0 Å². The molecule has 0 radical (unpaired) electrons. The molecule has 3 N–H and O–H groups in total. The summed E-state index contributed by atoms with van der Waals surface area (Å²) in [5, 5.41) is 1.40.